The lowest BCUT2D eigenvalue weighted by molar-refractivity contribution is 0.0891. The van der Waals surface area contributed by atoms with E-state index in [-0.39, 0.29) is 22.6 Å². The molecule has 3 rings (SSSR count). The summed E-state index contributed by atoms with van der Waals surface area (Å²) in [5, 5.41) is 3.59. The Morgan fingerprint density at radius 2 is 1.92 bits per heavy atom. The molecule has 0 aliphatic carbocycles. The van der Waals surface area contributed by atoms with Crippen LogP contribution in [0.5, 0.6) is 0 Å². The summed E-state index contributed by atoms with van der Waals surface area (Å²) in [5.74, 6) is -0.0592. The van der Waals surface area contributed by atoms with Crippen molar-refractivity contribution < 1.29 is 17.6 Å². The van der Waals surface area contributed by atoms with Gasteiger partial charge in [0.15, 0.2) is 5.76 Å². The first-order valence-corrected chi connectivity index (χ1v) is 9.67. The summed E-state index contributed by atoms with van der Waals surface area (Å²) in [6.45, 7) is 1.91. The molecule has 0 saturated carbocycles. The monoisotopic (exact) mass is 365 g/mol. The van der Waals surface area contributed by atoms with Crippen molar-refractivity contribution in [2.45, 2.75) is 23.8 Å². The number of carbonyl (C=O) groups excluding carboxylic acids is 1. The van der Waals surface area contributed by atoms with Gasteiger partial charge in [0.05, 0.1) is 4.90 Å². The molecule has 0 unspecified atom stereocenters. The number of nitrogens with one attached hydrogen (secondary N) is 1. The second-order valence-corrected chi connectivity index (χ2v) is 8.80. The lowest BCUT2D eigenvalue weighted by atomic mass is 10.1. The number of fused-ring (bicyclic) bond motifs is 1. The smallest absolute Gasteiger partial charge is 0.287 e. The summed E-state index contributed by atoms with van der Waals surface area (Å²) in [4.78, 5) is 14.8. The normalized spacial score (nSPS) is 17.3. The highest BCUT2D eigenvalue weighted by molar-refractivity contribution is 7.89. The fraction of sp³-hybridized carbons (Fsp3) is 0.471. The summed E-state index contributed by atoms with van der Waals surface area (Å²) in [7, 11) is 1.51. The molecule has 1 aliphatic heterocycles. The Morgan fingerprint density at radius 3 is 2.56 bits per heavy atom. The largest absolute Gasteiger partial charge is 0.451 e. The number of hydrogen-bond acceptors (Lipinski definition) is 5. The maximum absolute atomic E-state index is 12.4. The third kappa shape index (κ3) is 3.70. The van der Waals surface area contributed by atoms with Crippen molar-refractivity contribution in [3.05, 3.63) is 30.0 Å². The average molecular weight is 365 g/mol. The van der Waals surface area contributed by atoms with Gasteiger partial charge in [-0.3, -0.25) is 4.79 Å². The topological polar surface area (TPSA) is 82.9 Å². The number of furan rings is 1. The Morgan fingerprint density at radius 1 is 1.24 bits per heavy atom. The molecule has 8 heteroatoms. The predicted molar refractivity (Wildman–Crippen MR) is 95.1 cm³/mol. The minimum absolute atomic E-state index is 0.140. The van der Waals surface area contributed by atoms with Crippen molar-refractivity contribution in [3.63, 3.8) is 0 Å². The highest BCUT2D eigenvalue weighted by Crippen LogP contribution is 2.24. The van der Waals surface area contributed by atoms with E-state index in [9.17, 15) is 13.2 Å². The quantitative estimate of drug-likeness (QED) is 0.888. The van der Waals surface area contributed by atoms with E-state index in [1.165, 1.54) is 26.2 Å². The van der Waals surface area contributed by atoms with Gasteiger partial charge in [-0.1, -0.05) is 0 Å². The Balaban J connectivity index is 1.80. The molecule has 1 aromatic carbocycles. The van der Waals surface area contributed by atoms with E-state index in [0.29, 0.717) is 11.0 Å². The molecular weight excluding hydrogens is 342 g/mol. The van der Waals surface area contributed by atoms with E-state index in [4.69, 9.17) is 4.42 Å². The van der Waals surface area contributed by atoms with Gasteiger partial charge in [0, 0.05) is 25.5 Å². The Kier molecular flexibility index (Phi) is 4.86. The van der Waals surface area contributed by atoms with Crippen LogP contribution in [0.3, 0.4) is 0 Å². The fourth-order valence-corrected chi connectivity index (χ4v) is 3.85. The van der Waals surface area contributed by atoms with Crippen LogP contribution >= 0.6 is 0 Å². The summed E-state index contributed by atoms with van der Waals surface area (Å²) in [5.41, 5.74) is 0.492. The van der Waals surface area contributed by atoms with Crippen LogP contribution in [-0.2, 0) is 10.0 Å². The lowest BCUT2D eigenvalue weighted by Crippen LogP contribution is -2.43. The molecule has 136 valence electrons. The number of piperidine rings is 1. The molecular formula is C17H23N3O4S. The highest BCUT2D eigenvalue weighted by atomic mass is 32.2. The molecule has 1 amide bonds. The number of sulfonamides is 1. The number of nitrogens with zero attached hydrogens (tertiary/aromatic N) is 2. The average Bonchev–Trinajstić information content (AvgIpc) is 3.00. The molecule has 1 aliphatic rings. The van der Waals surface area contributed by atoms with Crippen molar-refractivity contribution in [2.75, 3.05) is 34.2 Å². The van der Waals surface area contributed by atoms with Crippen LogP contribution < -0.4 is 5.32 Å². The van der Waals surface area contributed by atoms with E-state index in [1.807, 2.05) is 0 Å². The van der Waals surface area contributed by atoms with Crippen LogP contribution in [0.1, 0.15) is 23.4 Å². The third-order valence-electron chi connectivity index (χ3n) is 4.54. The van der Waals surface area contributed by atoms with Crippen molar-refractivity contribution in [2.24, 2.45) is 0 Å². The molecule has 0 spiro atoms. The third-order valence-corrected chi connectivity index (χ3v) is 6.35. The van der Waals surface area contributed by atoms with Crippen molar-refractivity contribution >= 4 is 26.9 Å². The fourth-order valence-electron chi connectivity index (χ4n) is 2.91. The molecule has 25 heavy (non-hydrogen) atoms. The van der Waals surface area contributed by atoms with Gasteiger partial charge in [-0.2, -0.15) is 0 Å². The SMILES string of the molecule is CN1CCC(NC(=O)c2cc3cc(S(=O)(=O)N(C)C)ccc3o2)CC1. The zero-order valence-electron chi connectivity index (χ0n) is 14.7. The van der Waals surface area contributed by atoms with Crippen molar-refractivity contribution in [1.29, 1.82) is 0 Å². The van der Waals surface area contributed by atoms with Gasteiger partial charge >= 0.3 is 0 Å². The van der Waals surface area contributed by atoms with E-state index >= 15 is 0 Å². The molecule has 1 aromatic heterocycles. The molecule has 0 atom stereocenters. The number of hydrogen-bond donors (Lipinski definition) is 1. The van der Waals surface area contributed by atoms with E-state index in [0.717, 1.165) is 30.2 Å². The zero-order valence-corrected chi connectivity index (χ0v) is 15.5. The zero-order chi connectivity index (χ0) is 18.2. The summed E-state index contributed by atoms with van der Waals surface area (Å²) < 4.78 is 31.2. The first-order valence-electron chi connectivity index (χ1n) is 8.23. The lowest BCUT2D eigenvalue weighted by Gasteiger charge is -2.29. The predicted octanol–water partition coefficient (Wildman–Crippen LogP) is 1.51. The molecule has 1 saturated heterocycles. The first-order chi connectivity index (χ1) is 11.8. The minimum atomic E-state index is -3.52. The van der Waals surface area contributed by atoms with E-state index < -0.39 is 10.0 Å². The Bertz CT molecular complexity index is 880. The second-order valence-electron chi connectivity index (χ2n) is 6.65. The van der Waals surface area contributed by atoms with Gasteiger partial charge in [0.1, 0.15) is 5.58 Å². The van der Waals surface area contributed by atoms with E-state index in [1.54, 1.807) is 12.1 Å². The van der Waals surface area contributed by atoms with Crippen molar-refractivity contribution in [1.82, 2.24) is 14.5 Å². The maximum Gasteiger partial charge on any atom is 0.287 e. The molecule has 7 nitrogen and oxygen atoms in total. The minimum Gasteiger partial charge on any atom is -0.451 e. The van der Waals surface area contributed by atoms with Gasteiger partial charge in [-0.05, 0) is 57.2 Å². The van der Waals surface area contributed by atoms with Crippen LogP contribution in [0.4, 0.5) is 0 Å². The number of likely N-dealkylation sites (tertiary alicyclic amines) is 1. The van der Waals surface area contributed by atoms with E-state index in [2.05, 4.69) is 17.3 Å². The standard InChI is InChI=1S/C17H23N3O4S/c1-19(2)25(22,23)14-4-5-15-12(10-14)11-16(24-15)17(21)18-13-6-8-20(3)9-7-13/h4-5,10-11,13H,6-9H2,1-3H3,(H,18,21). The Labute approximate surface area is 147 Å². The molecule has 2 aromatic rings. The summed E-state index contributed by atoms with van der Waals surface area (Å²) in [6, 6.07) is 6.33. The van der Waals surface area contributed by atoms with Crippen molar-refractivity contribution in [3.8, 4) is 0 Å². The number of amides is 1. The van der Waals surface area contributed by atoms with Gasteiger partial charge in [-0.15, -0.1) is 0 Å². The van der Waals surface area contributed by atoms with Crippen LogP contribution in [-0.4, -0.2) is 63.8 Å². The van der Waals surface area contributed by atoms with Crippen LogP contribution in [0.25, 0.3) is 11.0 Å². The number of rotatable bonds is 4. The highest BCUT2D eigenvalue weighted by Gasteiger charge is 2.22. The number of benzene rings is 1. The summed E-state index contributed by atoms with van der Waals surface area (Å²) >= 11 is 0. The molecule has 0 bridgehead atoms. The summed E-state index contributed by atoms with van der Waals surface area (Å²) in [6.07, 6.45) is 1.82. The van der Waals surface area contributed by atoms with Crippen LogP contribution in [0.2, 0.25) is 0 Å². The van der Waals surface area contributed by atoms with Gasteiger partial charge in [0.2, 0.25) is 10.0 Å². The molecule has 2 heterocycles. The van der Waals surface area contributed by atoms with Gasteiger partial charge in [0.25, 0.3) is 5.91 Å². The van der Waals surface area contributed by atoms with Crippen LogP contribution in [0.15, 0.2) is 33.6 Å². The number of carbonyl (C=O) groups is 1. The van der Waals surface area contributed by atoms with Gasteiger partial charge in [-0.25, -0.2) is 12.7 Å². The molecule has 1 N–H and O–H groups in total. The maximum atomic E-state index is 12.4. The first kappa shape index (κ1) is 17.9. The van der Waals surface area contributed by atoms with Crippen LogP contribution in [0, 0.1) is 0 Å². The Hall–Kier alpha value is -1.90. The molecule has 1 fully saturated rings. The molecule has 0 radical (unpaired) electrons. The second kappa shape index (κ2) is 6.78. The van der Waals surface area contributed by atoms with Gasteiger partial charge < -0.3 is 14.6 Å².